The van der Waals surface area contributed by atoms with Gasteiger partial charge in [-0.1, -0.05) is 30.3 Å². The van der Waals surface area contributed by atoms with E-state index in [1.54, 1.807) is 30.3 Å². The van der Waals surface area contributed by atoms with E-state index in [1.807, 2.05) is 0 Å². The van der Waals surface area contributed by atoms with E-state index in [1.165, 1.54) is 12.5 Å². The second kappa shape index (κ2) is 14.8. The number of nitrogens with one attached hydrogen (secondary N) is 4. The molecule has 2 rings (SSSR count). The largest absolute Gasteiger partial charge is 0.480 e. The lowest BCUT2D eigenvalue weighted by Gasteiger charge is -2.25. The number of aromatic nitrogens is 2. The zero-order valence-corrected chi connectivity index (χ0v) is 21.0. The summed E-state index contributed by atoms with van der Waals surface area (Å²) in [5.74, 6) is -5.46. The summed E-state index contributed by atoms with van der Waals surface area (Å²) in [5, 5.41) is 16.7. The van der Waals surface area contributed by atoms with Crippen LogP contribution >= 0.6 is 0 Å². The van der Waals surface area contributed by atoms with Crippen molar-refractivity contribution in [3.63, 3.8) is 0 Å². The van der Waals surface area contributed by atoms with Crippen molar-refractivity contribution in [2.75, 3.05) is 0 Å². The summed E-state index contributed by atoms with van der Waals surface area (Å²) in [6.45, 7) is 0. The van der Waals surface area contributed by atoms with Crippen LogP contribution in [-0.2, 0) is 41.6 Å². The van der Waals surface area contributed by atoms with Crippen molar-refractivity contribution in [3.05, 3.63) is 54.1 Å². The number of H-pyrrole nitrogens is 1. The van der Waals surface area contributed by atoms with E-state index in [0.29, 0.717) is 11.3 Å². The molecule has 1 heterocycles. The van der Waals surface area contributed by atoms with Gasteiger partial charge in [-0.15, -0.1) is 0 Å². The molecular formula is C24H32N8O7. The average molecular weight is 545 g/mol. The van der Waals surface area contributed by atoms with E-state index in [9.17, 15) is 33.9 Å². The van der Waals surface area contributed by atoms with Crippen LogP contribution in [0, 0.1) is 0 Å². The van der Waals surface area contributed by atoms with Gasteiger partial charge in [0, 0.05) is 31.2 Å². The minimum Gasteiger partial charge on any atom is -0.480 e. The van der Waals surface area contributed by atoms with Gasteiger partial charge in [-0.3, -0.25) is 24.0 Å². The summed E-state index contributed by atoms with van der Waals surface area (Å²) in [6, 6.07) is 3.31. The lowest BCUT2D eigenvalue weighted by atomic mass is 10.0. The van der Waals surface area contributed by atoms with Crippen LogP contribution in [0.4, 0.5) is 0 Å². The predicted molar refractivity (Wildman–Crippen MR) is 136 cm³/mol. The summed E-state index contributed by atoms with van der Waals surface area (Å²) in [6.07, 6.45) is 1.88. The molecule has 1 aromatic heterocycles. The van der Waals surface area contributed by atoms with Gasteiger partial charge in [0.2, 0.25) is 29.5 Å². The molecular weight excluding hydrogens is 512 g/mol. The Balaban J connectivity index is 2.26. The lowest BCUT2D eigenvalue weighted by Crippen LogP contribution is -2.58. The van der Waals surface area contributed by atoms with Gasteiger partial charge < -0.3 is 43.2 Å². The van der Waals surface area contributed by atoms with Crippen molar-refractivity contribution in [3.8, 4) is 0 Å². The maximum Gasteiger partial charge on any atom is 0.326 e. The summed E-state index contributed by atoms with van der Waals surface area (Å²) in [5.41, 5.74) is 17.2. The lowest BCUT2D eigenvalue weighted by molar-refractivity contribution is -0.143. The third-order valence-corrected chi connectivity index (χ3v) is 5.59. The number of nitrogens with zero attached hydrogens (tertiary/aromatic N) is 1. The Morgan fingerprint density at radius 3 is 1.97 bits per heavy atom. The van der Waals surface area contributed by atoms with Crippen molar-refractivity contribution in [1.29, 1.82) is 0 Å². The molecule has 5 amide bonds. The highest BCUT2D eigenvalue weighted by Crippen LogP contribution is 2.07. The number of carbonyl (C=O) groups is 6. The SMILES string of the molecule is NC(=O)CCC(N)C(=O)NC(Cc1cnc[nH]1)C(=O)NC(Cc1ccccc1)C(=O)NC(CC(N)=O)C(=O)O. The number of rotatable bonds is 16. The van der Waals surface area contributed by atoms with Crippen LogP contribution < -0.4 is 33.2 Å². The fraction of sp³-hybridized carbons (Fsp3) is 0.375. The van der Waals surface area contributed by atoms with E-state index in [2.05, 4.69) is 25.9 Å². The third-order valence-electron chi connectivity index (χ3n) is 5.59. The van der Waals surface area contributed by atoms with Gasteiger partial charge in [0.05, 0.1) is 18.8 Å². The fourth-order valence-corrected chi connectivity index (χ4v) is 3.54. The maximum atomic E-state index is 13.4. The Morgan fingerprint density at radius 2 is 1.44 bits per heavy atom. The van der Waals surface area contributed by atoms with Crippen LogP contribution in [0.5, 0.6) is 0 Å². The van der Waals surface area contributed by atoms with E-state index >= 15 is 0 Å². The number of aromatic amines is 1. The number of carbonyl (C=O) groups excluding carboxylic acids is 5. The number of benzene rings is 1. The summed E-state index contributed by atoms with van der Waals surface area (Å²) < 4.78 is 0. The third kappa shape index (κ3) is 10.6. The van der Waals surface area contributed by atoms with Crippen molar-refractivity contribution in [1.82, 2.24) is 25.9 Å². The number of carboxylic acids is 1. The van der Waals surface area contributed by atoms with Crippen molar-refractivity contribution in [2.45, 2.75) is 56.3 Å². The van der Waals surface area contributed by atoms with Crippen LogP contribution in [-0.4, -0.2) is 74.7 Å². The molecule has 210 valence electrons. The molecule has 15 nitrogen and oxygen atoms in total. The van der Waals surface area contributed by atoms with Crippen LogP contribution in [0.25, 0.3) is 0 Å². The van der Waals surface area contributed by atoms with Gasteiger partial charge in [0.25, 0.3) is 0 Å². The quantitative estimate of drug-likeness (QED) is 0.108. The number of carboxylic acid groups (broad SMARTS) is 1. The van der Waals surface area contributed by atoms with Gasteiger partial charge in [-0.25, -0.2) is 9.78 Å². The molecule has 0 radical (unpaired) electrons. The van der Waals surface area contributed by atoms with Crippen molar-refractivity contribution < 1.29 is 33.9 Å². The second-order valence-electron chi connectivity index (χ2n) is 8.77. The zero-order valence-electron chi connectivity index (χ0n) is 21.0. The number of nitrogens with two attached hydrogens (primary N) is 3. The van der Waals surface area contributed by atoms with E-state index in [-0.39, 0.29) is 25.7 Å². The van der Waals surface area contributed by atoms with Crippen LogP contribution in [0.2, 0.25) is 0 Å². The van der Waals surface area contributed by atoms with E-state index < -0.39 is 66.1 Å². The normalized spacial score (nSPS) is 13.8. The van der Waals surface area contributed by atoms with Crippen molar-refractivity contribution in [2.24, 2.45) is 17.2 Å². The Hall–Kier alpha value is -4.79. The first-order valence-electron chi connectivity index (χ1n) is 11.9. The maximum absolute atomic E-state index is 13.4. The molecule has 0 saturated heterocycles. The highest BCUT2D eigenvalue weighted by atomic mass is 16.4. The Morgan fingerprint density at radius 1 is 0.846 bits per heavy atom. The van der Waals surface area contributed by atoms with Crippen LogP contribution in [0.15, 0.2) is 42.9 Å². The molecule has 0 aliphatic rings. The minimum atomic E-state index is -1.62. The smallest absolute Gasteiger partial charge is 0.326 e. The summed E-state index contributed by atoms with van der Waals surface area (Å²) in [7, 11) is 0. The van der Waals surface area contributed by atoms with Gasteiger partial charge >= 0.3 is 5.97 Å². The topological polar surface area (TPSA) is 265 Å². The molecule has 39 heavy (non-hydrogen) atoms. The Labute approximate surface area is 223 Å². The number of amides is 5. The molecule has 15 heteroatoms. The number of imidazole rings is 1. The molecule has 4 atom stereocenters. The molecule has 0 bridgehead atoms. The van der Waals surface area contributed by atoms with Crippen molar-refractivity contribution >= 4 is 35.5 Å². The van der Waals surface area contributed by atoms with Crippen LogP contribution in [0.3, 0.4) is 0 Å². The van der Waals surface area contributed by atoms with Gasteiger partial charge in [0.15, 0.2) is 0 Å². The number of hydrogen-bond acceptors (Lipinski definition) is 8. The summed E-state index contributed by atoms with van der Waals surface area (Å²) >= 11 is 0. The average Bonchev–Trinajstić information content (AvgIpc) is 3.39. The van der Waals surface area contributed by atoms with Crippen LogP contribution in [0.1, 0.15) is 30.5 Å². The molecule has 4 unspecified atom stereocenters. The molecule has 2 aromatic rings. The zero-order chi connectivity index (χ0) is 28.9. The molecule has 0 saturated carbocycles. The number of primary amides is 2. The molecule has 0 spiro atoms. The monoisotopic (exact) mass is 544 g/mol. The van der Waals surface area contributed by atoms with Gasteiger partial charge in [0.1, 0.15) is 18.1 Å². The van der Waals surface area contributed by atoms with Gasteiger partial charge in [-0.05, 0) is 12.0 Å². The molecule has 1 aromatic carbocycles. The first-order valence-corrected chi connectivity index (χ1v) is 11.9. The standard InChI is InChI=1S/C24H32N8O7/c25-15(6-7-19(26)33)21(35)30-17(9-14-11-28-12-29-14)23(37)31-16(8-13-4-2-1-3-5-13)22(36)32-18(24(38)39)10-20(27)34/h1-5,11-12,15-18H,6-10,25H2,(H2,26,33)(H2,27,34)(H,28,29)(H,30,35)(H,31,37)(H,32,36)(H,38,39). The molecule has 11 N–H and O–H groups in total. The fourth-order valence-electron chi connectivity index (χ4n) is 3.54. The molecule has 0 fully saturated rings. The Kier molecular flexibility index (Phi) is 11.6. The van der Waals surface area contributed by atoms with E-state index in [4.69, 9.17) is 17.2 Å². The molecule has 0 aliphatic heterocycles. The number of hydrogen-bond donors (Lipinski definition) is 8. The van der Waals surface area contributed by atoms with E-state index in [0.717, 1.165) is 0 Å². The minimum absolute atomic E-state index is 0.0375. The highest BCUT2D eigenvalue weighted by Gasteiger charge is 2.31. The number of aliphatic carboxylic acids is 1. The predicted octanol–water partition coefficient (Wildman–Crippen LogP) is -2.80. The highest BCUT2D eigenvalue weighted by molar-refractivity contribution is 5.95. The Bertz CT molecular complexity index is 1160. The summed E-state index contributed by atoms with van der Waals surface area (Å²) in [4.78, 5) is 79.6. The molecule has 0 aliphatic carbocycles. The van der Waals surface area contributed by atoms with Gasteiger partial charge in [-0.2, -0.15) is 0 Å². The first-order chi connectivity index (χ1) is 18.5. The first kappa shape index (κ1) is 30.4. The second-order valence-corrected chi connectivity index (χ2v) is 8.77.